The van der Waals surface area contributed by atoms with Crippen LogP contribution in [0.4, 0.5) is 0 Å². The van der Waals surface area contributed by atoms with Gasteiger partial charge >= 0.3 is 0 Å². The highest BCUT2D eigenvalue weighted by molar-refractivity contribution is 7.09. The van der Waals surface area contributed by atoms with E-state index >= 15 is 0 Å². The first-order valence-corrected chi connectivity index (χ1v) is 6.26. The molecule has 0 aliphatic carbocycles. The van der Waals surface area contributed by atoms with Gasteiger partial charge in [0.1, 0.15) is 5.01 Å². The van der Waals surface area contributed by atoms with Crippen LogP contribution in [0.5, 0.6) is 0 Å². The molecule has 0 bridgehead atoms. The van der Waals surface area contributed by atoms with Crippen LogP contribution in [0.3, 0.4) is 0 Å². The largest absolute Gasteiger partial charge is 0.350 e. The molecule has 0 atom stereocenters. The van der Waals surface area contributed by atoms with Crippen LogP contribution in [-0.4, -0.2) is 15.9 Å². The van der Waals surface area contributed by atoms with Gasteiger partial charge in [-0.1, -0.05) is 0 Å². The van der Waals surface area contributed by atoms with Crippen LogP contribution in [0.1, 0.15) is 17.0 Å². The van der Waals surface area contributed by atoms with E-state index in [0.717, 1.165) is 17.0 Å². The molecule has 0 aromatic carbocycles. The molecule has 2 heterocycles. The fraction of sp³-hybridized carbons (Fsp3) is 0.250. The predicted molar refractivity (Wildman–Crippen MR) is 66.5 cm³/mol. The maximum absolute atomic E-state index is 11.6. The Hall–Kier alpha value is -1.75. The second kappa shape index (κ2) is 6.10. The van der Waals surface area contributed by atoms with Gasteiger partial charge in [-0.2, -0.15) is 0 Å². The second-order valence-electron chi connectivity index (χ2n) is 3.56. The lowest BCUT2D eigenvalue weighted by molar-refractivity contribution is -0.121. The van der Waals surface area contributed by atoms with Gasteiger partial charge in [-0.05, 0) is 24.1 Å². The van der Waals surface area contributed by atoms with E-state index in [-0.39, 0.29) is 5.91 Å². The molecular formula is C12H13N3OS. The van der Waals surface area contributed by atoms with Crippen LogP contribution < -0.4 is 5.32 Å². The van der Waals surface area contributed by atoms with E-state index in [0.29, 0.717) is 13.0 Å². The molecule has 1 amide bonds. The summed E-state index contributed by atoms with van der Waals surface area (Å²) in [7, 11) is 0. The second-order valence-corrected chi connectivity index (χ2v) is 4.54. The maximum atomic E-state index is 11.6. The molecule has 0 saturated heterocycles. The fourth-order valence-electron chi connectivity index (χ4n) is 1.41. The summed E-state index contributed by atoms with van der Waals surface area (Å²) in [5.41, 5.74) is 1.13. The third-order valence-electron chi connectivity index (χ3n) is 2.31. The summed E-state index contributed by atoms with van der Waals surface area (Å²) in [5, 5.41) is 5.68. The molecule has 2 aromatic rings. The van der Waals surface area contributed by atoms with Crippen LogP contribution >= 0.6 is 11.3 Å². The third-order valence-corrected chi connectivity index (χ3v) is 3.09. The molecule has 17 heavy (non-hydrogen) atoms. The van der Waals surface area contributed by atoms with Crippen molar-refractivity contribution in [3.8, 4) is 0 Å². The Morgan fingerprint density at radius 3 is 2.82 bits per heavy atom. The Kier molecular flexibility index (Phi) is 4.21. The summed E-state index contributed by atoms with van der Waals surface area (Å²) >= 11 is 1.55. The highest BCUT2D eigenvalue weighted by Crippen LogP contribution is 2.04. The number of aryl methyl sites for hydroxylation is 1. The van der Waals surface area contributed by atoms with E-state index < -0.39 is 0 Å². The van der Waals surface area contributed by atoms with Gasteiger partial charge in [0, 0.05) is 30.4 Å². The van der Waals surface area contributed by atoms with Crippen molar-refractivity contribution in [1.82, 2.24) is 15.3 Å². The highest BCUT2D eigenvalue weighted by atomic mass is 32.1. The van der Waals surface area contributed by atoms with Gasteiger partial charge in [0.15, 0.2) is 0 Å². The Labute approximate surface area is 104 Å². The SMILES string of the molecule is O=C(CCc1ccncc1)NCc1nccs1. The predicted octanol–water partition coefficient (Wildman–Crippen LogP) is 1.79. The number of thiazole rings is 1. The third kappa shape index (κ3) is 3.96. The maximum Gasteiger partial charge on any atom is 0.220 e. The quantitative estimate of drug-likeness (QED) is 0.876. The molecular weight excluding hydrogens is 234 g/mol. The molecule has 0 unspecified atom stereocenters. The number of hydrogen-bond acceptors (Lipinski definition) is 4. The average Bonchev–Trinajstić information content (AvgIpc) is 2.88. The number of nitrogens with one attached hydrogen (secondary N) is 1. The van der Waals surface area contributed by atoms with Gasteiger partial charge in [0.2, 0.25) is 5.91 Å². The normalized spacial score (nSPS) is 10.1. The van der Waals surface area contributed by atoms with Crippen molar-refractivity contribution in [2.45, 2.75) is 19.4 Å². The molecule has 0 fully saturated rings. The first kappa shape index (κ1) is 11.7. The Bertz CT molecular complexity index is 456. The molecule has 0 radical (unpaired) electrons. The van der Waals surface area contributed by atoms with Crippen molar-refractivity contribution >= 4 is 17.2 Å². The summed E-state index contributed by atoms with van der Waals surface area (Å²) in [4.78, 5) is 19.6. The van der Waals surface area contributed by atoms with Crippen LogP contribution in [0.2, 0.25) is 0 Å². The van der Waals surface area contributed by atoms with Crippen molar-refractivity contribution in [3.05, 3.63) is 46.7 Å². The first-order valence-electron chi connectivity index (χ1n) is 5.38. The lowest BCUT2D eigenvalue weighted by Gasteiger charge is -2.03. The van der Waals surface area contributed by atoms with E-state index in [1.807, 2.05) is 17.5 Å². The van der Waals surface area contributed by atoms with Gasteiger partial charge in [-0.25, -0.2) is 4.98 Å². The van der Waals surface area contributed by atoms with Gasteiger partial charge in [0.05, 0.1) is 6.54 Å². The molecule has 5 heteroatoms. The molecule has 0 aliphatic heterocycles. The van der Waals surface area contributed by atoms with Crippen LogP contribution in [-0.2, 0) is 17.8 Å². The molecule has 2 rings (SSSR count). The summed E-state index contributed by atoms with van der Waals surface area (Å²) < 4.78 is 0. The first-order chi connectivity index (χ1) is 8.34. The highest BCUT2D eigenvalue weighted by Gasteiger charge is 2.03. The average molecular weight is 247 g/mol. The summed E-state index contributed by atoms with van der Waals surface area (Å²) in [6, 6.07) is 3.85. The lowest BCUT2D eigenvalue weighted by Crippen LogP contribution is -2.22. The summed E-state index contributed by atoms with van der Waals surface area (Å²) in [6.07, 6.45) is 6.45. The van der Waals surface area contributed by atoms with Gasteiger partial charge in [-0.3, -0.25) is 9.78 Å². The van der Waals surface area contributed by atoms with E-state index in [2.05, 4.69) is 15.3 Å². The molecule has 0 aliphatic rings. The lowest BCUT2D eigenvalue weighted by atomic mass is 10.1. The molecule has 88 valence electrons. The Balaban J connectivity index is 1.71. The number of aromatic nitrogens is 2. The van der Waals surface area contributed by atoms with Crippen LogP contribution in [0, 0.1) is 0 Å². The van der Waals surface area contributed by atoms with Crippen molar-refractivity contribution in [1.29, 1.82) is 0 Å². The molecule has 4 nitrogen and oxygen atoms in total. The minimum atomic E-state index is 0.0528. The Morgan fingerprint density at radius 2 is 2.12 bits per heavy atom. The number of rotatable bonds is 5. The zero-order valence-electron chi connectivity index (χ0n) is 9.30. The zero-order valence-corrected chi connectivity index (χ0v) is 10.1. The fourth-order valence-corrected chi connectivity index (χ4v) is 1.97. The number of amides is 1. The van der Waals surface area contributed by atoms with Crippen molar-refractivity contribution in [2.24, 2.45) is 0 Å². The standard InChI is InChI=1S/C12H13N3OS/c16-11(15-9-12-14-7-8-17-12)2-1-10-3-5-13-6-4-10/h3-8H,1-2,9H2,(H,15,16). The van der Waals surface area contributed by atoms with E-state index in [4.69, 9.17) is 0 Å². The van der Waals surface area contributed by atoms with Crippen molar-refractivity contribution in [2.75, 3.05) is 0 Å². The van der Waals surface area contributed by atoms with Crippen LogP contribution in [0.25, 0.3) is 0 Å². The molecule has 0 saturated carbocycles. The van der Waals surface area contributed by atoms with Crippen LogP contribution in [0.15, 0.2) is 36.1 Å². The Morgan fingerprint density at radius 1 is 1.29 bits per heavy atom. The van der Waals surface area contributed by atoms with E-state index in [1.54, 1.807) is 29.9 Å². The van der Waals surface area contributed by atoms with Crippen molar-refractivity contribution in [3.63, 3.8) is 0 Å². The number of carbonyl (C=O) groups excluding carboxylic acids is 1. The number of carbonyl (C=O) groups is 1. The zero-order chi connectivity index (χ0) is 11.9. The van der Waals surface area contributed by atoms with Gasteiger partial charge in [-0.15, -0.1) is 11.3 Å². The van der Waals surface area contributed by atoms with E-state index in [1.165, 1.54) is 0 Å². The minimum absolute atomic E-state index is 0.0528. The minimum Gasteiger partial charge on any atom is -0.350 e. The van der Waals surface area contributed by atoms with Gasteiger partial charge < -0.3 is 5.32 Å². The van der Waals surface area contributed by atoms with E-state index in [9.17, 15) is 4.79 Å². The molecule has 0 spiro atoms. The van der Waals surface area contributed by atoms with Gasteiger partial charge in [0.25, 0.3) is 0 Å². The molecule has 2 aromatic heterocycles. The number of pyridine rings is 1. The number of hydrogen-bond donors (Lipinski definition) is 1. The topological polar surface area (TPSA) is 54.9 Å². The molecule has 1 N–H and O–H groups in total. The smallest absolute Gasteiger partial charge is 0.220 e. The summed E-state index contributed by atoms with van der Waals surface area (Å²) in [6.45, 7) is 0.521. The summed E-state index contributed by atoms with van der Waals surface area (Å²) in [5.74, 6) is 0.0528. The number of nitrogens with zero attached hydrogens (tertiary/aromatic N) is 2. The van der Waals surface area contributed by atoms with Crippen molar-refractivity contribution < 1.29 is 4.79 Å². The monoisotopic (exact) mass is 247 g/mol.